The van der Waals surface area contributed by atoms with Crippen molar-refractivity contribution >= 4 is 17.4 Å². The van der Waals surface area contributed by atoms with Crippen LogP contribution in [-0.4, -0.2) is 64.0 Å². The average Bonchev–Trinajstić information content (AvgIpc) is 3.12. The Morgan fingerprint density at radius 3 is 2.62 bits per heavy atom. The molecule has 0 saturated carbocycles. The number of ketones is 1. The molecule has 154 valence electrons. The van der Waals surface area contributed by atoms with Crippen molar-refractivity contribution in [2.75, 3.05) is 27.2 Å². The van der Waals surface area contributed by atoms with Crippen molar-refractivity contribution in [1.29, 1.82) is 0 Å². The monoisotopic (exact) mass is 400 g/mol. The summed E-state index contributed by atoms with van der Waals surface area (Å²) in [6.45, 7) is 4.45. The van der Waals surface area contributed by atoms with E-state index < -0.39 is 23.5 Å². The number of benzene rings is 1. The molecule has 1 fully saturated rings. The van der Waals surface area contributed by atoms with Gasteiger partial charge in [0.2, 0.25) is 0 Å². The molecule has 2 heterocycles. The van der Waals surface area contributed by atoms with E-state index in [0.29, 0.717) is 35.5 Å². The molecule has 0 radical (unpaired) electrons. The van der Waals surface area contributed by atoms with Crippen LogP contribution in [0.2, 0.25) is 0 Å². The second-order valence-electron chi connectivity index (χ2n) is 7.51. The van der Waals surface area contributed by atoms with Crippen LogP contribution in [-0.2, 0) is 9.59 Å². The third kappa shape index (κ3) is 3.93. The predicted octanol–water partition coefficient (Wildman–Crippen LogP) is 2.54. The molecule has 0 bridgehead atoms. The second-order valence-corrected chi connectivity index (χ2v) is 7.51. The summed E-state index contributed by atoms with van der Waals surface area (Å²) in [5, 5.41) is 17.8. The van der Waals surface area contributed by atoms with Gasteiger partial charge in [-0.2, -0.15) is 5.10 Å². The van der Waals surface area contributed by atoms with Gasteiger partial charge >= 0.3 is 0 Å². The number of nitrogens with zero attached hydrogens (tertiary/aromatic N) is 3. The maximum atomic E-state index is 13.9. The molecule has 2 N–H and O–H groups in total. The lowest BCUT2D eigenvalue weighted by Crippen LogP contribution is -2.32. The number of hydrogen-bond donors (Lipinski definition) is 2. The van der Waals surface area contributed by atoms with Gasteiger partial charge < -0.3 is 14.9 Å². The number of halogens is 1. The zero-order valence-electron chi connectivity index (χ0n) is 17.0. The van der Waals surface area contributed by atoms with E-state index in [4.69, 9.17) is 0 Å². The Labute approximate surface area is 168 Å². The van der Waals surface area contributed by atoms with Gasteiger partial charge in [0, 0.05) is 12.2 Å². The molecule has 7 nitrogen and oxygen atoms in total. The van der Waals surface area contributed by atoms with Crippen LogP contribution in [0.5, 0.6) is 0 Å². The van der Waals surface area contributed by atoms with Crippen molar-refractivity contribution in [3.05, 3.63) is 58.2 Å². The van der Waals surface area contributed by atoms with Crippen LogP contribution in [0.15, 0.2) is 29.8 Å². The normalized spacial score (nSPS) is 18.8. The minimum absolute atomic E-state index is 0.0435. The number of aromatic nitrogens is 2. The van der Waals surface area contributed by atoms with Crippen LogP contribution in [0, 0.1) is 19.7 Å². The van der Waals surface area contributed by atoms with Gasteiger partial charge in [-0.25, -0.2) is 4.39 Å². The Balaban J connectivity index is 2.13. The summed E-state index contributed by atoms with van der Waals surface area (Å²) in [6, 6.07) is 4.91. The zero-order valence-corrected chi connectivity index (χ0v) is 17.0. The summed E-state index contributed by atoms with van der Waals surface area (Å²) >= 11 is 0. The molecule has 29 heavy (non-hydrogen) atoms. The van der Waals surface area contributed by atoms with E-state index >= 15 is 0 Å². The van der Waals surface area contributed by atoms with Crippen LogP contribution in [0.25, 0.3) is 5.76 Å². The first-order chi connectivity index (χ1) is 13.7. The van der Waals surface area contributed by atoms with Crippen molar-refractivity contribution in [1.82, 2.24) is 20.0 Å². The van der Waals surface area contributed by atoms with Crippen LogP contribution >= 0.6 is 0 Å². The fourth-order valence-electron chi connectivity index (χ4n) is 3.73. The van der Waals surface area contributed by atoms with E-state index in [-0.39, 0.29) is 11.3 Å². The number of aromatic amines is 1. The first-order valence-corrected chi connectivity index (χ1v) is 9.43. The molecule has 2 aromatic rings. The number of aliphatic hydroxyl groups excluding tert-OH is 1. The number of rotatable bonds is 6. The maximum absolute atomic E-state index is 13.9. The summed E-state index contributed by atoms with van der Waals surface area (Å²) in [4.78, 5) is 29.1. The summed E-state index contributed by atoms with van der Waals surface area (Å²) < 4.78 is 13.9. The first kappa shape index (κ1) is 20.7. The number of aliphatic hydroxyl groups is 1. The molecule has 3 rings (SSSR count). The largest absolute Gasteiger partial charge is 0.507 e. The number of likely N-dealkylation sites (tertiary alicyclic amines) is 1. The molecular weight excluding hydrogens is 375 g/mol. The molecule has 1 atom stereocenters. The molecule has 1 aliphatic heterocycles. The van der Waals surface area contributed by atoms with Gasteiger partial charge in [-0.3, -0.25) is 14.7 Å². The highest BCUT2D eigenvalue weighted by atomic mass is 19.1. The van der Waals surface area contributed by atoms with E-state index in [1.807, 2.05) is 19.0 Å². The number of Topliss-reactive ketones (excluding diaryl/α,β-unsaturated/α-hetero) is 1. The summed E-state index contributed by atoms with van der Waals surface area (Å²) in [5.41, 5.74) is 1.87. The Bertz CT molecular complexity index is 961. The van der Waals surface area contributed by atoms with Crippen LogP contribution in [0.3, 0.4) is 0 Å². The molecule has 1 aromatic carbocycles. The molecule has 0 unspecified atom stereocenters. The number of aryl methyl sites for hydroxylation is 2. The summed E-state index contributed by atoms with van der Waals surface area (Å²) in [5.74, 6) is -2.24. The zero-order chi connectivity index (χ0) is 21.3. The van der Waals surface area contributed by atoms with E-state index in [9.17, 15) is 19.1 Å². The fraction of sp³-hybridized carbons (Fsp3) is 0.381. The fourth-order valence-corrected chi connectivity index (χ4v) is 3.73. The number of nitrogens with one attached hydrogen (secondary N) is 1. The van der Waals surface area contributed by atoms with Gasteiger partial charge in [-0.05, 0) is 58.6 Å². The molecule has 8 heteroatoms. The van der Waals surface area contributed by atoms with Crippen LogP contribution in [0.4, 0.5) is 4.39 Å². The van der Waals surface area contributed by atoms with Crippen molar-refractivity contribution in [3.8, 4) is 0 Å². The molecule has 0 spiro atoms. The van der Waals surface area contributed by atoms with Gasteiger partial charge in [0.1, 0.15) is 11.6 Å². The Morgan fingerprint density at radius 1 is 1.31 bits per heavy atom. The quantitative estimate of drug-likeness (QED) is 0.442. The lowest BCUT2D eigenvalue weighted by molar-refractivity contribution is -0.139. The Hall–Kier alpha value is -3.00. The van der Waals surface area contributed by atoms with E-state index in [2.05, 4.69) is 10.2 Å². The van der Waals surface area contributed by atoms with Crippen molar-refractivity contribution in [2.45, 2.75) is 26.3 Å². The third-order valence-electron chi connectivity index (χ3n) is 5.07. The standard InChI is InChI=1S/C21H25FN4O3/c1-12-16(13(2)24-23-12)19(27)17-18(14-7-5-8-15(22)11-14)26(21(29)20(17)28)10-6-9-25(3)4/h5,7-8,11,18,27H,6,9-10H2,1-4H3,(H,23,24)/t18-/m0/s1. The maximum Gasteiger partial charge on any atom is 0.295 e. The van der Waals surface area contributed by atoms with Gasteiger partial charge in [-0.15, -0.1) is 0 Å². The van der Waals surface area contributed by atoms with Crippen molar-refractivity contribution in [3.63, 3.8) is 0 Å². The minimum atomic E-state index is -0.860. The van der Waals surface area contributed by atoms with Gasteiger partial charge in [0.15, 0.2) is 0 Å². The van der Waals surface area contributed by atoms with Crippen LogP contribution in [0.1, 0.15) is 35.0 Å². The lowest BCUT2D eigenvalue weighted by Gasteiger charge is -2.26. The molecular formula is C21H25FN4O3. The number of amides is 1. The number of hydrogen-bond acceptors (Lipinski definition) is 5. The third-order valence-corrected chi connectivity index (χ3v) is 5.07. The molecule has 1 aliphatic rings. The highest BCUT2D eigenvalue weighted by Gasteiger charge is 2.46. The second kappa shape index (κ2) is 8.16. The number of carbonyl (C=O) groups excluding carboxylic acids is 2. The molecule has 0 aliphatic carbocycles. The number of carbonyl (C=O) groups is 2. The van der Waals surface area contributed by atoms with Crippen LogP contribution < -0.4 is 0 Å². The predicted molar refractivity (Wildman–Crippen MR) is 107 cm³/mol. The lowest BCUT2D eigenvalue weighted by atomic mass is 9.94. The van der Waals surface area contributed by atoms with E-state index in [0.717, 1.165) is 6.54 Å². The summed E-state index contributed by atoms with van der Waals surface area (Å²) in [6.07, 6.45) is 0.635. The highest BCUT2D eigenvalue weighted by Crippen LogP contribution is 2.40. The van der Waals surface area contributed by atoms with E-state index in [1.165, 1.54) is 23.1 Å². The van der Waals surface area contributed by atoms with Gasteiger partial charge in [-0.1, -0.05) is 12.1 Å². The number of H-pyrrole nitrogens is 1. The SMILES string of the molecule is Cc1n[nH]c(C)c1C(O)=C1C(=O)C(=O)N(CCCN(C)C)[C@H]1c1cccc(F)c1. The van der Waals surface area contributed by atoms with E-state index in [1.54, 1.807) is 19.9 Å². The highest BCUT2D eigenvalue weighted by molar-refractivity contribution is 6.46. The molecule has 1 aromatic heterocycles. The summed E-state index contributed by atoms with van der Waals surface area (Å²) in [7, 11) is 3.84. The van der Waals surface area contributed by atoms with Gasteiger partial charge in [0.25, 0.3) is 11.7 Å². The Morgan fingerprint density at radius 2 is 2.03 bits per heavy atom. The average molecular weight is 400 g/mol. The topological polar surface area (TPSA) is 89.5 Å². The minimum Gasteiger partial charge on any atom is -0.507 e. The first-order valence-electron chi connectivity index (χ1n) is 9.43. The Kier molecular flexibility index (Phi) is 5.83. The van der Waals surface area contributed by atoms with Crippen molar-refractivity contribution < 1.29 is 19.1 Å². The van der Waals surface area contributed by atoms with Crippen molar-refractivity contribution in [2.24, 2.45) is 0 Å². The molecule has 1 saturated heterocycles. The molecule has 1 amide bonds. The van der Waals surface area contributed by atoms with Gasteiger partial charge in [0.05, 0.1) is 22.9 Å². The smallest absolute Gasteiger partial charge is 0.295 e.